The van der Waals surface area contributed by atoms with Gasteiger partial charge < -0.3 is 20.0 Å². The van der Waals surface area contributed by atoms with Crippen LogP contribution < -0.4 is 10.2 Å². The zero-order valence-electron chi connectivity index (χ0n) is 20.8. The molecule has 1 N–H and O–H groups in total. The molecule has 0 aromatic heterocycles. The number of halogens is 2. The van der Waals surface area contributed by atoms with Crippen LogP contribution in [0.3, 0.4) is 0 Å². The predicted molar refractivity (Wildman–Crippen MR) is 149 cm³/mol. The van der Waals surface area contributed by atoms with E-state index in [0.717, 1.165) is 96.0 Å². The van der Waals surface area contributed by atoms with Crippen LogP contribution in [0.15, 0.2) is 29.3 Å². The summed E-state index contributed by atoms with van der Waals surface area (Å²) in [6.45, 7) is 18.9. The third-order valence-electron chi connectivity index (χ3n) is 6.79. The molecule has 3 rings (SSSR count). The molecule has 2 aliphatic heterocycles. The Hall–Kier alpha value is -1.13. The maximum absolute atomic E-state index is 14.0. The lowest BCUT2D eigenvalue weighted by atomic mass is 10.1. The van der Waals surface area contributed by atoms with Crippen LogP contribution in [0.25, 0.3) is 0 Å². The molecular weight excluding hydrogens is 530 g/mol. The lowest BCUT2D eigenvalue weighted by Gasteiger charge is -2.36. The van der Waals surface area contributed by atoms with Gasteiger partial charge in [-0.3, -0.25) is 9.89 Å². The van der Waals surface area contributed by atoms with Crippen molar-refractivity contribution in [2.24, 2.45) is 10.9 Å². The van der Waals surface area contributed by atoms with E-state index in [9.17, 15) is 4.39 Å². The Bertz CT molecular complexity index is 706. The molecule has 0 spiro atoms. The first-order chi connectivity index (χ1) is 15.6. The van der Waals surface area contributed by atoms with E-state index in [0.29, 0.717) is 0 Å². The van der Waals surface area contributed by atoms with Gasteiger partial charge in [-0.05, 0) is 50.9 Å². The quantitative estimate of drug-likeness (QED) is 0.200. The molecule has 0 saturated carbocycles. The summed E-state index contributed by atoms with van der Waals surface area (Å²) < 4.78 is 14.0. The Kier molecular flexibility index (Phi) is 12.8. The zero-order valence-corrected chi connectivity index (χ0v) is 23.1. The molecule has 33 heavy (non-hydrogen) atoms. The molecule has 2 saturated heterocycles. The van der Waals surface area contributed by atoms with Crippen molar-refractivity contribution in [3.05, 3.63) is 30.1 Å². The van der Waals surface area contributed by atoms with Crippen molar-refractivity contribution in [1.82, 2.24) is 20.0 Å². The molecule has 2 fully saturated rings. The van der Waals surface area contributed by atoms with Gasteiger partial charge in [0.15, 0.2) is 5.96 Å². The number of anilines is 1. The number of piperazine rings is 1. The maximum Gasteiger partial charge on any atom is 0.193 e. The third kappa shape index (κ3) is 8.55. The molecule has 1 aromatic rings. The molecule has 0 amide bonds. The van der Waals surface area contributed by atoms with Gasteiger partial charge in [-0.15, -0.1) is 24.0 Å². The summed E-state index contributed by atoms with van der Waals surface area (Å²) in [5.74, 6) is 1.70. The van der Waals surface area contributed by atoms with Crippen LogP contribution in [0, 0.1) is 11.7 Å². The van der Waals surface area contributed by atoms with Crippen molar-refractivity contribution in [1.29, 1.82) is 0 Å². The van der Waals surface area contributed by atoms with E-state index >= 15 is 0 Å². The highest BCUT2D eigenvalue weighted by atomic mass is 127. The second-order valence-electron chi connectivity index (χ2n) is 8.96. The van der Waals surface area contributed by atoms with Crippen LogP contribution >= 0.6 is 24.0 Å². The monoisotopic (exact) mass is 574 g/mol. The smallest absolute Gasteiger partial charge is 0.193 e. The summed E-state index contributed by atoms with van der Waals surface area (Å²) >= 11 is 0. The average Bonchev–Trinajstić information content (AvgIpc) is 3.29. The van der Waals surface area contributed by atoms with Gasteiger partial charge in [0.2, 0.25) is 0 Å². The number of nitrogens with one attached hydrogen (secondary N) is 1. The lowest BCUT2D eigenvalue weighted by Crippen LogP contribution is -2.47. The number of nitrogens with zero attached hydrogens (tertiary/aromatic N) is 5. The van der Waals surface area contributed by atoms with E-state index < -0.39 is 0 Å². The predicted octanol–water partition coefficient (Wildman–Crippen LogP) is 3.59. The van der Waals surface area contributed by atoms with Gasteiger partial charge in [-0.25, -0.2) is 4.39 Å². The summed E-state index contributed by atoms with van der Waals surface area (Å²) in [6.07, 6.45) is 2.32. The SMILES string of the molecule is CCNC(=NCCCN1CCN(c2ccccc2F)CC1)N1CCC(CN(CC)CC)C1.I. The topological polar surface area (TPSA) is 37.4 Å². The normalized spacial score (nSPS) is 19.8. The van der Waals surface area contributed by atoms with Crippen molar-refractivity contribution in [3.8, 4) is 0 Å². The number of aliphatic imine (C=N–C) groups is 1. The highest BCUT2D eigenvalue weighted by molar-refractivity contribution is 14.0. The van der Waals surface area contributed by atoms with Crippen LogP contribution in [0.5, 0.6) is 0 Å². The van der Waals surface area contributed by atoms with Gasteiger partial charge in [0.25, 0.3) is 0 Å². The molecule has 6 nitrogen and oxygen atoms in total. The summed E-state index contributed by atoms with van der Waals surface area (Å²) in [6, 6.07) is 7.10. The fourth-order valence-electron chi connectivity index (χ4n) is 4.85. The lowest BCUT2D eigenvalue weighted by molar-refractivity contribution is 0.254. The number of likely N-dealkylation sites (tertiary alicyclic amines) is 1. The molecule has 8 heteroatoms. The van der Waals surface area contributed by atoms with Gasteiger partial charge in [-0.2, -0.15) is 0 Å². The average molecular weight is 575 g/mol. The van der Waals surface area contributed by atoms with Gasteiger partial charge >= 0.3 is 0 Å². The number of para-hydroxylation sites is 1. The summed E-state index contributed by atoms with van der Waals surface area (Å²) in [4.78, 5) is 14.6. The van der Waals surface area contributed by atoms with Crippen LogP contribution in [-0.4, -0.2) is 99.2 Å². The van der Waals surface area contributed by atoms with Crippen LogP contribution in [0.4, 0.5) is 10.1 Å². The molecule has 2 heterocycles. The number of hydrogen-bond donors (Lipinski definition) is 1. The van der Waals surface area contributed by atoms with Crippen molar-refractivity contribution in [3.63, 3.8) is 0 Å². The Balaban J connectivity index is 0.00000385. The fraction of sp³-hybridized carbons (Fsp3) is 0.720. The minimum Gasteiger partial charge on any atom is -0.367 e. The highest BCUT2D eigenvalue weighted by Gasteiger charge is 2.26. The Morgan fingerprint density at radius 1 is 1.09 bits per heavy atom. The summed E-state index contributed by atoms with van der Waals surface area (Å²) in [5.41, 5.74) is 0.733. The molecular formula is C25H44FIN6. The van der Waals surface area contributed by atoms with Gasteiger partial charge in [-0.1, -0.05) is 26.0 Å². The van der Waals surface area contributed by atoms with Crippen molar-refractivity contribution in [2.75, 3.05) is 83.4 Å². The second-order valence-corrected chi connectivity index (χ2v) is 8.96. The van der Waals surface area contributed by atoms with Gasteiger partial charge in [0, 0.05) is 65.4 Å². The first-order valence-electron chi connectivity index (χ1n) is 12.6. The van der Waals surface area contributed by atoms with Crippen molar-refractivity contribution in [2.45, 2.75) is 33.6 Å². The largest absolute Gasteiger partial charge is 0.367 e. The van der Waals surface area contributed by atoms with Crippen LogP contribution in [0.1, 0.15) is 33.6 Å². The Morgan fingerprint density at radius 3 is 2.48 bits per heavy atom. The van der Waals surface area contributed by atoms with E-state index in [2.05, 4.69) is 45.7 Å². The Morgan fingerprint density at radius 2 is 1.82 bits per heavy atom. The molecule has 188 valence electrons. The third-order valence-corrected chi connectivity index (χ3v) is 6.79. The molecule has 0 aliphatic carbocycles. The zero-order chi connectivity index (χ0) is 22.8. The standard InChI is InChI=1S/C25H43FN6.HI/c1-4-27-25(32-15-12-22(21-32)20-29(5-2)6-3)28-13-9-14-30-16-18-31(19-17-30)24-11-8-7-10-23(24)26;/h7-8,10-11,22H,4-6,9,12-21H2,1-3H3,(H,27,28);1H. The highest BCUT2D eigenvalue weighted by Crippen LogP contribution is 2.20. The van der Waals surface area contributed by atoms with Crippen molar-refractivity contribution < 1.29 is 4.39 Å². The molecule has 0 radical (unpaired) electrons. The Labute approximate surface area is 217 Å². The fourth-order valence-corrected chi connectivity index (χ4v) is 4.85. The molecule has 1 atom stereocenters. The van der Waals surface area contributed by atoms with E-state index in [-0.39, 0.29) is 29.8 Å². The number of rotatable bonds is 10. The summed E-state index contributed by atoms with van der Waals surface area (Å²) in [7, 11) is 0. The molecule has 0 bridgehead atoms. The first-order valence-corrected chi connectivity index (χ1v) is 12.6. The van der Waals surface area contributed by atoms with E-state index in [1.165, 1.54) is 13.0 Å². The number of hydrogen-bond acceptors (Lipinski definition) is 4. The first kappa shape index (κ1) is 28.1. The van der Waals surface area contributed by atoms with Gasteiger partial charge in [0.05, 0.1) is 5.69 Å². The molecule has 1 unspecified atom stereocenters. The summed E-state index contributed by atoms with van der Waals surface area (Å²) in [5, 5.41) is 3.50. The minimum absolute atomic E-state index is 0. The van der Waals surface area contributed by atoms with E-state index in [1.807, 2.05) is 12.1 Å². The van der Waals surface area contributed by atoms with Crippen LogP contribution in [0.2, 0.25) is 0 Å². The van der Waals surface area contributed by atoms with E-state index in [4.69, 9.17) is 4.99 Å². The number of guanidine groups is 1. The van der Waals surface area contributed by atoms with Gasteiger partial charge in [0.1, 0.15) is 5.82 Å². The minimum atomic E-state index is -0.118. The molecule has 2 aliphatic rings. The molecule has 1 aromatic carbocycles. The second kappa shape index (κ2) is 15.0. The van der Waals surface area contributed by atoms with E-state index in [1.54, 1.807) is 12.1 Å². The van der Waals surface area contributed by atoms with Crippen molar-refractivity contribution >= 4 is 35.6 Å². The number of benzene rings is 1. The van der Waals surface area contributed by atoms with Crippen LogP contribution in [-0.2, 0) is 0 Å². The maximum atomic E-state index is 14.0.